The Balaban J connectivity index is 2.02. The van der Waals surface area contributed by atoms with Crippen LogP contribution in [0.3, 0.4) is 0 Å². The number of hydrogen-bond donors (Lipinski definition) is 2. The number of rotatable bonds is 7. The predicted molar refractivity (Wildman–Crippen MR) is 109 cm³/mol. The molecule has 3 rings (SSSR count). The van der Waals surface area contributed by atoms with Gasteiger partial charge < -0.3 is 19.6 Å². The summed E-state index contributed by atoms with van der Waals surface area (Å²) in [5.41, 5.74) is -1.12. The molecule has 7 nitrogen and oxygen atoms in total. The summed E-state index contributed by atoms with van der Waals surface area (Å²) in [5.74, 6) is -2.54. The number of amides is 2. The predicted octanol–water partition coefficient (Wildman–Crippen LogP) is 3.27. The first-order valence-electron chi connectivity index (χ1n) is 9.68. The molecule has 168 valence electrons. The van der Waals surface area contributed by atoms with Crippen molar-refractivity contribution in [2.24, 2.45) is 0 Å². The number of pyridine rings is 1. The van der Waals surface area contributed by atoms with E-state index in [2.05, 4.69) is 5.32 Å². The van der Waals surface area contributed by atoms with Crippen LogP contribution in [0.5, 0.6) is 0 Å². The van der Waals surface area contributed by atoms with E-state index in [1.807, 2.05) is 0 Å². The van der Waals surface area contributed by atoms with Gasteiger partial charge in [0.1, 0.15) is 16.9 Å². The summed E-state index contributed by atoms with van der Waals surface area (Å²) in [7, 11) is 0. The highest BCUT2D eigenvalue weighted by molar-refractivity contribution is 5.99. The van der Waals surface area contributed by atoms with Gasteiger partial charge in [-0.05, 0) is 24.6 Å². The van der Waals surface area contributed by atoms with Crippen LogP contribution in [0, 0.1) is 0 Å². The van der Waals surface area contributed by atoms with Crippen LogP contribution in [0.15, 0.2) is 70.3 Å². The highest BCUT2D eigenvalue weighted by Crippen LogP contribution is 2.33. The summed E-state index contributed by atoms with van der Waals surface area (Å²) in [5, 5.41) is 4.27. The van der Waals surface area contributed by atoms with Crippen molar-refractivity contribution < 1.29 is 27.2 Å². The Morgan fingerprint density at radius 2 is 1.69 bits per heavy atom. The number of furan rings is 1. The Morgan fingerprint density at radius 1 is 1.03 bits per heavy atom. The lowest BCUT2D eigenvalue weighted by Gasteiger charge is -2.20. The van der Waals surface area contributed by atoms with Crippen molar-refractivity contribution in [3.8, 4) is 0 Å². The zero-order chi connectivity index (χ0) is 23.3. The molecule has 0 saturated heterocycles. The molecule has 0 saturated carbocycles. The summed E-state index contributed by atoms with van der Waals surface area (Å²) in [6.07, 6.45) is -1.43. The second-order valence-corrected chi connectivity index (χ2v) is 6.90. The van der Waals surface area contributed by atoms with Crippen molar-refractivity contribution >= 4 is 11.8 Å². The third-order valence-electron chi connectivity index (χ3n) is 4.54. The molecular weight excluding hydrogens is 427 g/mol. The summed E-state index contributed by atoms with van der Waals surface area (Å²) in [4.78, 5) is 37.9. The van der Waals surface area contributed by atoms with E-state index < -0.39 is 40.8 Å². The molecular formula is C22H20F3N3O4. The van der Waals surface area contributed by atoms with Crippen LogP contribution in [-0.4, -0.2) is 29.1 Å². The SMILES string of the molecule is CCNC(=O)c1cn(Cc2ccccc2)cc(C(=O)NC(c2ccco2)C(F)(F)F)c1=O. The first-order chi connectivity index (χ1) is 15.2. The summed E-state index contributed by atoms with van der Waals surface area (Å²) in [6, 6.07) is 8.82. The van der Waals surface area contributed by atoms with Gasteiger partial charge in [-0.25, -0.2) is 0 Å². The van der Waals surface area contributed by atoms with E-state index in [0.717, 1.165) is 24.1 Å². The molecule has 0 bridgehead atoms. The average Bonchev–Trinajstić information content (AvgIpc) is 3.27. The largest absolute Gasteiger partial charge is 0.467 e. The average molecular weight is 447 g/mol. The second kappa shape index (κ2) is 9.54. The van der Waals surface area contributed by atoms with Crippen LogP contribution in [0.4, 0.5) is 13.2 Å². The fraction of sp³-hybridized carbons (Fsp3) is 0.227. The van der Waals surface area contributed by atoms with E-state index in [4.69, 9.17) is 4.42 Å². The van der Waals surface area contributed by atoms with Crippen molar-refractivity contribution in [2.75, 3.05) is 6.54 Å². The minimum absolute atomic E-state index is 0.189. The molecule has 1 unspecified atom stereocenters. The molecule has 3 aromatic rings. The minimum atomic E-state index is -4.87. The van der Waals surface area contributed by atoms with Gasteiger partial charge >= 0.3 is 6.18 Å². The van der Waals surface area contributed by atoms with Crippen LogP contribution in [0.1, 0.15) is 45.0 Å². The Morgan fingerprint density at radius 3 is 2.25 bits per heavy atom. The number of carbonyl (C=O) groups excluding carboxylic acids is 2. The molecule has 0 radical (unpaired) electrons. The molecule has 2 heterocycles. The molecule has 0 aliphatic heterocycles. The normalized spacial score (nSPS) is 12.2. The molecule has 1 atom stereocenters. The van der Waals surface area contributed by atoms with Gasteiger partial charge in [0.2, 0.25) is 5.43 Å². The van der Waals surface area contributed by atoms with Crippen LogP contribution in [0.25, 0.3) is 0 Å². The van der Waals surface area contributed by atoms with Gasteiger partial charge in [-0.15, -0.1) is 0 Å². The molecule has 0 aliphatic rings. The molecule has 2 amide bonds. The van der Waals surface area contributed by atoms with E-state index in [1.54, 1.807) is 42.6 Å². The van der Waals surface area contributed by atoms with E-state index in [0.29, 0.717) is 0 Å². The van der Waals surface area contributed by atoms with E-state index >= 15 is 0 Å². The standard InChI is InChI=1S/C22H20F3N3O4/c1-2-26-20(30)15-12-28(11-14-7-4-3-5-8-14)13-16(18(15)29)21(31)27-19(22(23,24)25)17-9-6-10-32-17/h3-10,12-13,19H,2,11H2,1H3,(H,26,30)(H,27,31). The number of benzene rings is 1. The number of nitrogens with one attached hydrogen (secondary N) is 2. The van der Waals surface area contributed by atoms with Gasteiger partial charge in [0.05, 0.1) is 6.26 Å². The second-order valence-electron chi connectivity index (χ2n) is 6.90. The van der Waals surface area contributed by atoms with Gasteiger partial charge in [-0.1, -0.05) is 30.3 Å². The van der Waals surface area contributed by atoms with Gasteiger partial charge in [0.15, 0.2) is 6.04 Å². The maximum atomic E-state index is 13.5. The molecule has 2 N–H and O–H groups in total. The molecule has 0 spiro atoms. The van der Waals surface area contributed by atoms with Crippen molar-refractivity contribution in [1.82, 2.24) is 15.2 Å². The fourth-order valence-electron chi connectivity index (χ4n) is 3.07. The smallest absolute Gasteiger partial charge is 0.415 e. The van der Waals surface area contributed by atoms with Crippen LogP contribution in [-0.2, 0) is 6.54 Å². The highest BCUT2D eigenvalue weighted by Gasteiger charge is 2.44. The van der Waals surface area contributed by atoms with Crippen LogP contribution < -0.4 is 16.1 Å². The molecule has 32 heavy (non-hydrogen) atoms. The Labute approximate surface area is 180 Å². The summed E-state index contributed by atoms with van der Waals surface area (Å²) >= 11 is 0. The Bertz CT molecular complexity index is 1140. The maximum Gasteiger partial charge on any atom is 0.415 e. The van der Waals surface area contributed by atoms with Gasteiger partial charge in [0, 0.05) is 25.5 Å². The third-order valence-corrected chi connectivity index (χ3v) is 4.54. The molecule has 1 aromatic carbocycles. The third kappa shape index (κ3) is 5.26. The van der Waals surface area contributed by atoms with E-state index in [-0.39, 0.29) is 18.7 Å². The van der Waals surface area contributed by atoms with Crippen molar-refractivity contribution in [2.45, 2.75) is 25.7 Å². The van der Waals surface area contributed by atoms with E-state index in [9.17, 15) is 27.6 Å². The number of alkyl halides is 3. The monoisotopic (exact) mass is 447 g/mol. The van der Waals surface area contributed by atoms with Crippen LogP contribution >= 0.6 is 0 Å². The summed E-state index contributed by atoms with van der Waals surface area (Å²) in [6.45, 7) is 2.06. The number of carbonyl (C=O) groups is 2. The lowest BCUT2D eigenvalue weighted by molar-refractivity contribution is -0.159. The first kappa shape index (κ1) is 22.9. The number of aromatic nitrogens is 1. The van der Waals surface area contributed by atoms with Crippen molar-refractivity contribution in [3.05, 3.63) is 93.8 Å². The highest BCUT2D eigenvalue weighted by atomic mass is 19.4. The number of nitrogens with zero attached hydrogens (tertiary/aromatic N) is 1. The topological polar surface area (TPSA) is 93.3 Å². The first-order valence-corrected chi connectivity index (χ1v) is 9.68. The number of hydrogen-bond acceptors (Lipinski definition) is 4. The lowest BCUT2D eigenvalue weighted by atomic mass is 10.1. The van der Waals surface area contributed by atoms with Crippen molar-refractivity contribution in [1.29, 1.82) is 0 Å². The zero-order valence-corrected chi connectivity index (χ0v) is 17.0. The molecule has 2 aromatic heterocycles. The zero-order valence-electron chi connectivity index (χ0n) is 17.0. The number of halogens is 3. The van der Waals surface area contributed by atoms with E-state index in [1.165, 1.54) is 16.8 Å². The molecule has 0 fully saturated rings. The molecule has 0 aliphatic carbocycles. The van der Waals surface area contributed by atoms with Crippen molar-refractivity contribution in [3.63, 3.8) is 0 Å². The fourth-order valence-corrected chi connectivity index (χ4v) is 3.07. The quantitative estimate of drug-likeness (QED) is 0.582. The maximum absolute atomic E-state index is 13.5. The van der Waals surface area contributed by atoms with Crippen LogP contribution in [0.2, 0.25) is 0 Å². The van der Waals surface area contributed by atoms with Gasteiger partial charge in [0.25, 0.3) is 11.8 Å². The lowest BCUT2D eigenvalue weighted by Crippen LogP contribution is -2.41. The Hall–Kier alpha value is -3.82. The van der Waals surface area contributed by atoms with Gasteiger partial charge in [-0.3, -0.25) is 14.4 Å². The minimum Gasteiger partial charge on any atom is -0.467 e. The molecule has 10 heteroatoms. The Kier molecular flexibility index (Phi) is 6.82. The van der Waals surface area contributed by atoms with Gasteiger partial charge in [-0.2, -0.15) is 13.2 Å². The summed E-state index contributed by atoms with van der Waals surface area (Å²) < 4.78 is 46.7.